The average molecular weight is 397 g/mol. The maximum absolute atomic E-state index is 11.8. The first-order valence-electron chi connectivity index (χ1n) is 10.0. The Morgan fingerprint density at radius 1 is 1.03 bits per heavy atom. The van der Waals surface area contributed by atoms with E-state index in [4.69, 9.17) is 4.74 Å². The molecule has 0 aromatic heterocycles. The fourth-order valence-corrected chi connectivity index (χ4v) is 2.95. The van der Waals surface area contributed by atoms with Gasteiger partial charge in [-0.3, -0.25) is 9.79 Å². The minimum atomic E-state index is -0.0459. The van der Waals surface area contributed by atoms with E-state index in [0.29, 0.717) is 24.6 Å². The van der Waals surface area contributed by atoms with Crippen LogP contribution in [0.4, 0.5) is 0 Å². The number of methoxy groups -OCH3 is 1. The molecule has 0 radical (unpaired) electrons. The number of benzene rings is 2. The molecular formula is C23H32N4O2. The number of guanidine groups is 1. The van der Waals surface area contributed by atoms with Gasteiger partial charge in [0.25, 0.3) is 5.91 Å². The van der Waals surface area contributed by atoms with Crippen LogP contribution in [0.5, 0.6) is 5.75 Å². The SMILES string of the molecule is CCNC(=O)c1ccc(CNC(=NC)NCCC(C)c2ccc(OC)cc2)cc1. The highest BCUT2D eigenvalue weighted by Crippen LogP contribution is 2.21. The summed E-state index contributed by atoms with van der Waals surface area (Å²) in [6.45, 7) is 6.22. The number of nitrogens with zero attached hydrogens (tertiary/aromatic N) is 1. The lowest BCUT2D eigenvalue weighted by molar-refractivity contribution is 0.0956. The largest absolute Gasteiger partial charge is 0.497 e. The first-order chi connectivity index (χ1) is 14.1. The van der Waals surface area contributed by atoms with Gasteiger partial charge < -0.3 is 20.7 Å². The lowest BCUT2D eigenvalue weighted by Gasteiger charge is -2.15. The molecule has 1 unspecified atom stereocenters. The second-order valence-electron chi connectivity index (χ2n) is 6.87. The van der Waals surface area contributed by atoms with Crippen molar-refractivity contribution in [3.05, 3.63) is 65.2 Å². The Labute approximate surface area is 173 Å². The van der Waals surface area contributed by atoms with Crippen molar-refractivity contribution in [2.75, 3.05) is 27.2 Å². The molecule has 2 aromatic carbocycles. The van der Waals surface area contributed by atoms with Crippen molar-refractivity contribution in [3.8, 4) is 5.75 Å². The van der Waals surface area contributed by atoms with Crippen LogP contribution in [-0.2, 0) is 6.54 Å². The number of ether oxygens (including phenoxy) is 1. The number of amides is 1. The Bertz CT molecular complexity index is 786. The fourth-order valence-electron chi connectivity index (χ4n) is 2.95. The average Bonchev–Trinajstić information content (AvgIpc) is 2.76. The summed E-state index contributed by atoms with van der Waals surface area (Å²) in [5, 5.41) is 9.47. The molecule has 6 heteroatoms. The maximum Gasteiger partial charge on any atom is 0.251 e. The van der Waals surface area contributed by atoms with Crippen molar-refractivity contribution in [2.45, 2.75) is 32.7 Å². The van der Waals surface area contributed by atoms with Crippen molar-refractivity contribution in [2.24, 2.45) is 4.99 Å². The van der Waals surface area contributed by atoms with Gasteiger partial charge in [-0.05, 0) is 54.7 Å². The highest BCUT2D eigenvalue weighted by Gasteiger charge is 2.07. The van der Waals surface area contributed by atoms with Crippen molar-refractivity contribution in [1.29, 1.82) is 0 Å². The minimum Gasteiger partial charge on any atom is -0.497 e. The molecule has 0 saturated heterocycles. The number of carbonyl (C=O) groups excluding carboxylic acids is 1. The first-order valence-corrected chi connectivity index (χ1v) is 10.0. The van der Waals surface area contributed by atoms with Gasteiger partial charge in [0.1, 0.15) is 5.75 Å². The number of aliphatic imine (C=N–C) groups is 1. The molecule has 0 aliphatic heterocycles. The number of hydrogen-bond donors (Lipinski definition) is 3. The van der Waals surface area contributed by atoms with Gasteiger partial charge in [0.2, 0.25) is 0 Å². The predicted octanol–water partition coefficient (Wildman–Crippen LogP) is 3.30. The van der Waals surface area contributed by atoms with E-state index in [2.05, 4.69) is 40.0 Å². The van der Waals surface area contributed by atoms with Gasteiger partial charge in [0, 0.05) is 32.2 Å². The van der Waals surface area contributed by atoms with Crippen LogP contribution in [0.1, 0.15) is 47.7 Å². The molecule has 0 heterocycles. The summed E-state index contributed by atoms with van der Waals surface area (Å²) in [7, 11) is 3.44. The van der Waals surface area contributed by atoms with Crippen LogP contribution in [0.2, 0.25) is 0 Å². The molecule has 29 heavy (non-hydrogen) atoms. The summed E-state index contributed by atoms with van der Waals surface area (Å²) in [4.78, 5) is 16.1. The molecule has 1 amide bonds. The second kappa shape index (κ2) is 11.7. The number of carbonyl (C=O) groups is 1. The van der Waals surface area contributed by atoms with Crippen molar-refractivity contribution >= 4 is 11.9 Å². The van der Waals surface area contributed by atoms with Crippen LogP contribution in [0.25, 0.3) is 0 Å². The summed E-state index contributed by atoms with van der Waals surface area (Å²) in [5.74, 6) is 2.03. The number of nitrogens with one attached hydrogen (secondary N) is 3. The first kappa shape index (κ1) is 22.3. The second-order valence-corrected chi connectivity index (χ2v) is 6.87. The van der Waals surface area contributed by atoms with Gasteiger partial charge in [0.05, 0.1) is 7.11 Å². The normalized spacial score (nSPS) is 12.2. The Kier molecular flexibility index (Phi) is 9.02. The van der Waals surface area contributed by atoms with Gasteiger partial charge in [-0.1, -0.05) is 31.2 Å². The lowest BCUT2D eigenvalue weighted by Crippen LogP contribution is -2.37. The van der Waals surface area contributed by atoms with Crippen molar-refractivity contribution in [3.63, 3.8) is 0 Å². The van der Waals surface area contributed by atoms with E-state index < -0.39 is 0 Å². The Hall–Kier alpha value is -3.02. The van der Waals surface area contributed by atoms with Crippen molar-refractivity contribution < 1.29 is 9.53 Å². The predicted molar refractivity (Wildman–Crippen MR) is 119 cm³/mol. The third kappa shape index (κ3) is 7.14. The highest BCUT2D eigenvalue weighted by molar-refractivity contribution is 5.94. The smallest absolute Gasteiger partial charge is 0.251 e. The van der Waals surface area contributed by atoms with Crippen LogP contribution in [-0.4, -0.2) is 39.1 Å². The molecule has 0 saturated carbocycles. The monoisotopic (exact) mass is 396 g/mol. The molecular weight excluding hydrogens is 364 g/mol. The van der Waals surface area contributed by atoms with Crippen LogP contribution in [0.3, 0.4) is 0 Å². The van der Waals surface area contributed by atoms with E-state index in [1.54, 1.807) is 14.2 Å². The Morgan fingerprint density at radius 2 is 1.72 bits per heavy atom. The molecule has 156 valence electrons. The zero-order valence-electron chi connectivity index (χ0n) is 17.8. The molecule has 0 aliphatic carbocycles. The van der Waals surface area contributed by atoms with Gasteiger partial charge in [-0.2, -0.15) is 0 Å². The summed E-state index contributed by atoms with van der Waals surface area (Å²) in [6, 6.07) is 15.8. The molecule has 0 aliphatic rings. The number of hydrogen-bond acceptors (Lipinski definition) is 3. The topological polar surface area (TPSA) is 74.8 Å². The summed E-state index contributed by atoms with van der Waals surface area (Å²) in [6.07, 6.45) is 0.994. The van der Waals surface area contributed by atoms with E-state index in [0.717, 1.165) is 30.2 Å². The molecule has 0 spiro atoms. The molecule has 6 nitrogen and oxygen atoms in total. The maximum atomic E-state index is 11.8. The van der Waals surface area contributed by atoms with Gasteiger partial charge in [0.15, 0.2) is 5.96 Å². The molecule has 2 aromatic rings. The lowest BCUT2D eigenvalue weighted by atomic mass is 9.98. The third-order valence-corrected chi connectivity index (χ3v) is 4.79. The summed E-state index contributed by atoms with van der Waals surface area (Å²) < 4.78 is 5.21. The van der Waals surface area contributed by atoms with E-state index in [-0.39, 0.29) is 5.91 Å². The molecule has 0 fully saturated rings. The zero-order chi connectivity index (χ0) is 21.1. The zero-order valence-corrected chi connectivity index (χ0v) is 17.8. The van der Waals surface area contributed by atoms with Crippen LogP contribution < -0.4 is 20.7 Å². The Balaban J connectivity index is 1.76. The molecule has 2 rings (SSSR count). The van der Waals surface area contributed by atoms with E-state index in [9.17, 15) is 4.79 Å². The summed E-state index contributed by atoms with van der Waals surface area (Å²) >= 11 is 0. The van der Waals surface area contributed by atoms with E-state index in [1.165, 1.54) is 5.56 Å². The van der Waals surface area contributed by atoms with Crippen LogP contribution >= 0.6 is 0 Å². The standard InChI is InChI=1S/C23H32N4O2/c1-5-25-22(28)20-8-6-18(7-9-20)16-27-23(24-3)26-15-14-17(2)19-10-12-21(29-4)13-11-19/h6-13,17H,5,14-16H2,1-4H3,(H,25,28)(H2,24,26,27). The van der Waals surface area contributed by atoms with E-state index in [1.807, 2.05) is 43.3 Å². The number of rotatable bonds is 9. The van der Waals surface area contributed by atoms with Crippen LogP contribution in [0, 0.1) is 0 Å². The highest BCUT2D eigenvalue weighted by atomic mass is 16.5. The summed E-state index contributed by atoms with van der Waals surface area (Å²) in [5.41, 5.74) is 3.06. The van der Waals surface area contributed by atoms with Crippen LogP contribution in [0.15, 0.2) is 53.5 Å². The third-order valence-electron chi connectivity index (χ3n) is 4.79. The van der Waals surface area contributed by atoms with Crippen molar-refractivity contribution in [1.82, 2.24) is 16.0 Å². The van der Waals surface area contributed by atoms with Gasteiger partial charge >= 0.3 is 0 Å². The van der Waals surface area contributed by atoms with E-state index >= 15 is 0 Å². The quantitative estimate of drug-likeness (QED) is 0.449. The Morgan fingerprint density at radius 3 is 2.31 bits per heavy atom. The fraction of sp³-hybridized carbons (Fsp3) is 0.391. The molecule has 0 bridgehead atoms. The van der Waals surface area contributed by atoms with Gasteiger partial charge in [-0.15, -0.1) is 0 Å². The molecule has 3 N–H and O–H groups in total. The van der Waals surface area contributed by atoms with Gasteiger partial charge in [-0.25, -0.2) is 0 Å². The molecule has 1 atom stereocenters. The minimum absolute atomic E-state index is 0.0459.